The van der Waals surface area contributed by atoms with E-state index in [9.17, 15) is 14.4 Å². The summed E-state index contributed by atoms with van der Waals surface area (Å²) in [6.45, 7) is 2.62. The molecular formula is C22H24N4O3. The highest BCUT2D eigenvalue weighted by molar-refractivity contribution is 5.93. The molecule has 0 aliphatic heterocycles. The second-order valence-corrected chi connectivity index (χ2v) is 6.99. The molecule has 0 unspecified atom stereocenters. The Kier molecular flexibility index (Phi) is 6.07. The third kappa shape index (κ3) is 4.51. The molecule has 29 heavy (non-hydrogen) atoms. The second kappa shape index (κ2) is 8.68. The molecule has 0 saturated heterocycles. The van der Waals surface area contributed by atoms with Gasteiger partial charge in [0.15, 0.2) is 0 Å². The van der Waals surface area contributed by atoms with E-state index in [0.717, 1.165) is 11.1 Å². The normalized spacial score (nSPS) is 10.7. The molecule has 0 aliphatic carbocycles. The molecule has 0 radical (unpaired) electrons. The van der Waals surface area contributed by atoms with E-state index in [1.165, 1.54) is 10.9 Å². The Morgan fingerprint density at radius 2 is 1.86 bits per heavy atom. The summed E-state index contributed by atoms with van der Waals surface area (Å²) in [4.78, 5) is 42.7. The maximum atomic E-state index is 12.6. The molecule has 3 rings (SSSR count). The van der Waals surface area contributed by atoms with Crippen LogP contribution in [0.2, 0.25) is 0 Å². The van der Waals surface area contributed by atoms with Crippen LogP contribution in [0.1, 0.15) is 27.9 Å². The highest BCUT2D eigenvalue weighted by Gasteiger charge is 2.12. The predicted octanol–water partition coefficient (Wildman–Crippen LogP) is 2.11. The number of benzene rings is 2. The topological polar surface area (TPSA) is 84.3 Å². The molecule has 1 heterocycles. The molecule has 0 aliphatic rings. The lowest BCUT2D eigenvalue weighted by Crippen LogP contribution is -2.29. The Bertz CT molecular complexity index is 1100. The molecule has 3 aromatic rings. The third-order valence-corrected chi connectivity index (χ3v) is 4.91. The highest BCUT2D eigenvalue weighted by atomic mass is 16.2. The number of amides is 2. The van der Waals surface area contributed by atoms with Gasteiger partial charge in [-0.05, 0) is 36.2 Å². The number of nitrogens with one attached hydrogen (secondary N) is 1. The number of para-hydroxylation sites is 1. The van der Waals surface area contributed by atoms with Crippen LogP contribution in [-0.4, -0.2) is 40.4 Å². The molecule has 2 aromatic carbocycles. The number of carbonyl (C=O) groups excluding carboxylic acids is 2. The minimum atomic E-state index is -0.148. The van der Waals surface area contributed by atoms with E-state index in [4.69, 9.17) is 0 Å². The summed E-state index contributed by atoms with van der Waals surface area (Å²) in [6.07, 6.45) is 1.70. The molecule has 150 valence electrons. The zero-order chi connectivity index (χ0) is 21.0. The van der Waals surface area contributed by atoms with E-state index < -0.39 is 0 Å². The zero-order valence-electron chi connectivity index (χ0n) is 16.8. The minimum Gasteiger partial charge on any atom is -0.355 e. The molecule has 0 fully saturated rings. The molecular weight excluding hydrogens is 368 g/mol. The van der Waals surface area contributed by atoms with Gasteiger partial charge in [0.1, 0.15) is 0 Å². The van der Waals surface area contributed by atoms with E-state index in [1.807, 2.05) is 31.2 Å². The van der Waals surface area contributed by atoms with Crippen LogP contribution in [0.5, 0.6) is 0 Å². The van der Waals surface area contributed by atoms with E-state index in [1.54, 1.807) is 37.2 Å². The number of nitrogens with zero attached hydrogens (tertiary/aromatic N) is 3. The minimum absolute atomic E-state index is 0.0726. The fourth-order valence-electron chi connectivity index (χ4n) is 3.17. The van der Waals surface area contributed by atoms with E-state index in [0.29, 0.717) is 23.0 Å². The summed E-state index contributed by atoms with van der Waals surface area (Å²) in [7, 11) is 3.31. The van der Waals surface area contributed by atoms with Crippen molar-refractivity contribution in [1.82, 2.24) is 19.8 Å². The smallest absolute Gasteiger partial charge is 0.261 e. The van der Waals surface area contributed by atoms with Crippen LogP contribution < -0.4 is 10.9 Å². The van der Waals surface area contributed by atoms with Gasteiger partial charge in [-0.3, -0.25) is 19.0 Å². The molecule has 1 N–H and O–H groups in total. The van der Waals surface area contributed by atoms with Crippen LogP contribution in [0.3, 0.4) is 0 Å². The van der Waals surface area contributed by atoms with Crippen molar-refractivity contribution >= 4 is 22.7 Å². The molecule has 1 aromatic heterocycles. The van der Waals surface area contributed by atoms with Crippen LogP contribution in [-0.2, 0) is 17.9 Å². The Morgan fingerprint density at radius 3 is 2.55 bits per heavy atom. The standard InChI is InChI=1S/C22H24N4O3/c1-15-5-4-6-18-20(15)24-14-26(22(18)29)12-11-19(27)25(3)13-16-7-9-17(10-8-16)21(28)23-2/h4-10,14H,11-13H2,1-3H3,(H,23,28). The van der Waals surface area contributed by atoms with Crippen molar-refractivity contribution < 1.29 is 9.59 Å². The van der Waals surface area contributed by atoms with E-state index >= 15 is 0 Å². The fourth-order valence-corrected chi connectivity index (χ4v) is 3.17. The molecule has 0 saturated carbocycles. The average molecular weight is 392 g/mol. The maximum absolute atomic E-state index is 12.6. The number of hydrogen-bond acceptors (Lipinski definition) is 4. The van der Waals surface area contributed by atoms with Gasteiger partial charge in [0.05, 0.1) is 17.2 Å². The van der Waals surface area contributed by atoms with Crippen LogP contribution in [0, 0.1) is 6.92 Å². The summed E-state index contributed by atoms with van der Waals surface area (Å²) in [5, 5.41) is 3.13. The first-order valence-corrected chi connectivity index (χ1v) is 9.40. The number of fused-ring (bicyclic) bond motifs is 1. The van der Waals surface area contributed by atoms with Crippen LogP contribution >= 0.6 is 0 Å². The number of aryl methyl sites for hydroxylation is 2. The van der Waals surface area contributed by atoms with Crippen LogP contribution in [0.4, 0.5) is 0 Å². The number of aromatic nitrogens is 2. The van der Waals surface area contributed by atoms with Gasteiger partial charge < -0.3 is 10.2 Å². The van der Waals surface area contributed by atoms with Gasteiger partial charge in [0, 0.05) is 39.2 Å². The number of carbonyl (C=O) groups is 2. The average Bonchev–Trinajstić information content (AvgIpc) is 2.73. The summed E-state index contributed by atoms with van der Waals surface area (Å²) in [5.74, 6) is -0.220. The van der Waals surface area contributed by atoms with Crippen LogP contribution in [0.25, 0.3) is 10.9 Å². The van der Waals surface area contributed by atoms with Gasteiger partial charge in [0.25, 0.3) is 11.5 Å². The fraction of sp³-hybridized carbons (Fsp3) is 0.273. The first-order valence-electron chi connectivity index (χ1n) is 9.40. The monoisotopic (exact) mass is 392 g/mol. The Morgan fingerprint density at radius 1 is 1.14 bits per heavy atom. The van der Waals surface area contributed by atoms with Gasteiger partial charge >= 0.3 is 0 Å². The van der Waals surface area contributed by atoms with Crippen molar-refractivity contribution in [2.24, 2.45) is 0 Å². The van der Waals surface area contributed by atoms with Crippen molar-refractivity contribution in [1.29, 1.82) is 0 Å². The Labute approximate surface area is 169 Å². The highest BCUT2D eigenvalue weighted by Crippen LogP contribution is 2.12. The lowest BCUT2D eigenvalue weighted by Gasteiger charge is -2.18. The third-order valence-electron chi connectivity index (χ3n) is 4.91. The summed E-state index contributed by atoms with van der Waals surface area (Å²) in [5.41, 5.74) is 3.00. The van der Waals surface area contributed by atoms with Crippen molar-refractivity contribution in [3.63, 3.8) is 0 Å². The van der Waals surface area contributed by atoms with Gasteiger partial charge in [-0.25, -0.2) is 4.98 Å². The van der Waals surface area contributed by atoms with Crippen molar-refractivity contribution in [2.75, 3.05) is 14.1 Å². The molecule has 7 heteroatoms. The molecule has 2 amide bonds. The largest absolute Gasteiger partial charge is 0.355 e. The predicted molar refractivity (Wildman–Crippen MR) is 112 cm³/mol. The molecule has 0 atom stereocenters. The van der Waals surface area contributed by atoms with Gasteiger partial charge in [-0.15, -0.1) is 0 Å². The maximum Gasteiger partial charge on any atom is 0.261 e. The van der Waals surface area contributed by atoms with Crippen molar-refractivity contribution in [3.05, 3.63) is 75.8 Å². The zero-order valence-corrected chi connectivity index (χ0v) is 16.8. The van der Waals surface area contributed by atoms with E-state index in [-0.39, 0.29) is 30.3 Å². The first-order chi connectivity index (χ1) is 13.9. The first kappa shape index (κ1) is 20.3. The quantitative estimate of drug-likeness (QED) is 0.696. The van der Waals surface area contributed by atoms with Gasteiger partial charge in [0.2, 0.25) is 5.91 Å². The molecule has 7 nitrogen and oxygen atoms in total. The van der Waals surface area contributed by atoms with Gasteiger partial charge in [-0.1, -0.05) is 24.3 Å². The van der Waals surface area contributed by atoms with Crippen LogP contribution in [0.15, 0.2) is 53.6 Å². The molecule has 0 spiro atoms. The van der Waals surface area contributed by atoms with Crippen molar-refractivity contribution in [3.8, 4) is 0 Å². The Hall–Kier alpha value is -3.48. The van der Waals surface area contributed by atoms with Gasteiger partial charge in [-0.2, -0.15) is 0 Å². The van der Waals surface area contributed by atoms with E-state index in [2.05, 4.69) is 10.3 Å². The number of hydrogen-bond donors (Lipinski definition) is 1. The SMILES string of the molecule is CNC(=O)c1ccc(CN(C)C(=O)CCn2cnc3c(C)cccc3c2=O)cc1. The number of rotatable bonds is 6. The second-order valence-electron chi connectivity index (χ2n) is 6.99. The Balaban J connectivity index is 1.63. The molecule has 0 bridgehead atoms. The summed E-state index contributed by atoms with van der Waals surface area (Å²) in [6, 6.07) is 12.6. The summed E-state index contributed by atoms with van der Waals surface area (Å²) < 4.78 is 1.48. The lowest BCUT2D eigenvalue weighted by molar-refractivity contribution is -0.130. The van der Waals surface area contributed by atoms with Crippen molar-refractivity contribution in [2.45, 2.75) is 26.4 Å². The lowest BCUT2D eigenvalue weighted by atomic mass is 10.1. The summed E-state index contributed by atoms with van der Waals surface area (Å²) >= 11 is 0.